The largest absolute Gasteiger partial charge is 0.462 e. The topological polar surface area (TPSA) is 71.1 Å². The molecule has 1 heterocycles. The lowest BCUT2D eigenvalue weighted by Crippen LogP contribution is -2.58. The summed E-state index contributed by atoms with van der Waals surface area (Å²) in [4.78, 5) is 27.4. The van der Waals surface area contributed by atoms with E-state index < -0.39 is 23.4 Å². The van der Waals surface area contributed by atoms with Crippen molar-refractivity contribution < 1.29 is 28.5 Å². The van der Waals surface area contributed by atoms with Crippen molar-refractivity contribution in [2.75, 3.05) is 13.2 Å². The molecule has 0 aromatic carbocycles. The first-order chi connectivity index (χ1) is 20.2. The highest BCUT2D eigenvalue weighted by atomic mass is 16.8. The maximum atomic E-state index is 13.8. The van der Waals surface area contributed by atoms with E-state index in [9.17, 15) is 9.59 Å². The highest BCUT2D eigenvalue weighted by Crippen LogP contribution is 2.62. The average Bonchev–Trinajstić information content (AvgIpc) is 3.31. The molecule has 7 atom stereocenters. The molecule has 0 aromatic heterocycles. The van der Waals surface area contributed by atoms with Crippen molar-refractivity contribution in [1.82, 2.24) is 0 Å². The number of carbonyl (C=O) groups is 2. The van der Waals surface area contributed by atoms with Crippen LogP contribution < -0.4 is 0 Å². The molecule has 9 rings (SSSR count). The van der Waals surface area contributed by atoms with Gasteiger partial charge in [-0.2, -0.15) is 0 Å². The standard InChI is InChI=1S/C36H52O6/c1-22-9-23-7-4-8-35(16-22,19-23)33(38)40-21-31-30(20-39-32(37)34(2)17-24-5-3-6-25(10-24)18-34)41-36(42-31)28-12-26-11-27(14-28)15-29(36)13-26/h17,22-23,25-31H,3-16,18-21H2,1-2H3. The molecule has 7 unspecified atom stereocenters. The fourth-order valence-electron chi connectivity index (χ4n) is 12.0. The summed E-state index contributed by atoms with van der Waals surface area (Å²) in [5.74, 6) is 3.41. The maximum Gasteiger partial charge on any atom is 0.315 e. The zero-order valence-corrected chi connectivity index (χ0v) is 26.0. The summed E-state index contributed by atoms with van der Waals surface area (Å²) in [5, 5.41) is 0. The van der Waals surface area contributed by atoms with E-state index in [0.717, 1.165) is 56.8 Å². The first-order valence-electron chi connectivity index (χ1n) is 17.6. The Morgan fingerprint density at radius 3 is 2.17 bits per heavy atom. The van der Waals surface area contributed by atoms with Crippen molar-refractivity contribution in [2.24, 2.45) is 52.3 Å². The third-order valence-corrected chi connectivity index (χ3v) is 13.3. The minimum atomic E-state index is -0.608. The van der Waals surface area contributed by atoms with Gasteiger partial charge in [-0.3, -0.25) is 9.59 Å². The molecule has 6 nitrogen and oxygen atoms in total. The van der Waals surface area contributed by atoms with Crippen LogP contribution in [0.25, 0.3) is 0 Å². The minimum Gasteiger partial charge on any atom is -0.462 e. The summed E-state index contributed by atoms with van der Waals surface area (Å²) >= 11 is 0. The van der Waals surface area contributed by atoms with Gasteiger partial charge in [-0.15, -0.1) is 0 Å². The van der Waals surface area contributed by atoms with Gasteiger partial charge in [0.1, 0.15) is 25.4 Å². The van der Waals surface area contributed by atoms with E-state index in [-0.39, 0.29) is 30.6 Å². The van der Waals surface area contributed by atoms with E-state index in [1.54, 1.807) is 0 Å². The Kier molecular flexibility index (Phi) is 6.91. The molecule has 7 saturated carbocycles. The van der Waals surface area contributed by atoms with Gasteiger partial charge < -0.3 is 18.9 Å². The molecule has 1 aliphatic heterocycles. The van der Waals surface area contributed by atoms with Crippen LogP contribution in [0.4, 0.5) is 0 Å². The van der Waals surface area contributed by atoms with Crippen LogP contribution in [0.3, 0.4) is 0 Å². The van der Waals surface area contributed by atoms with E-state index in [4.69, 9.17) is 18.9 Å². The number of ether oxygens (including phenoxy) is 4. The molecule has 8 bridgehead atoms. The Labute approximate surface area is 252 Å². The smallest absolute Gasteiger partial charge is 0.315 e. The number of hydrogen-bond acceptors (Lipinski definition) is 6. The first kappa shape index (κ1) is 28.1. The van der Waals surface area contributed by atoms with Gasteiger partial charge in [-0.05, 0) is 126 Å². The van der Waals surface area contributed by atoms with Gasteiger partial charge in [0, 0.05) is 11.8 Å². The number of hydrogen-bond donors (Lipinski definition) is 0. The van der Waals surface area contributed by atoms with Gasteiger partial charge in [-0.25, -0.2) is 0 Å². The van der Waals surface area contributed by atoms with Crippen molar-refractivity contribution in [1.29, 1.82) is 0 Å². The summed E-state index contributed by atoms with van der Waals surface area (Å²) in [6.45, 7) is 4.71. The van der Waals surface area contributed by atoms with Gasteiger partial charge in [0.25, 0.3) is 0 Å². The summed E-state index contributed by atoms with van der Waals surface area (Å²) in [6, 6.07) is 0. The Morgan fingerprint density at radius 2 is 1.48 bits per heavy atom. The number of rotatable bonds is 6. The number of allylic oxidation sites excluding steroid dienone is 1. The Bertz CT molecular complexity index is 1100. The van der Waals surface area contributed by atoms with Crippen LogP contribution >= 0.6 is 0 Å². The zero-order valence-electron chi connectivity index (χ0n) is 26.0. The minimum absolute atomic E-state index is 0.0305. The number of esters is 2. The van der Waals surface area contributed by atoms with Crippen molar-refractivity contribution in [3.05, 3.63) is 11.6 Å². The molecule has 0 radical (unpaired) electrons. The predicted molar refractivity (Wildman–Crippen MR) is 157 cm³/mol. The van der Waals surface area contributed by atoms with E-state index in [1.807, 2.05) is 0 Å². The summed E-state index contributed by atoms with van der Waals surface area (Å²) < 4.78 is 26.2. The molecule has 42 heavy (non-hydrogen) atoms. The highest BCUT2D eigenvalue weighted by Gasteiger charge is 2.64. The molecule has 8 fully saturated rings. The van der Waals surface area contributed by atoms with Gasteiger partial charge in [0.15, 0.2) is 5.79 Å². The van der Waals surface area contributed by atoms with Crippen LogP contribution in [0, 0.1) is 52.3 Å². The normalized spacial score (nSPS) is 50.4. The predicted octanol–water partition coefficient (Wildman–Crippen LogP) is 7.14. The van der Waals surface area contributed by atoms with Crippen LogP contribution in [0.1, 0.15) is 117 Å². The second-order valence-corrected chi connectivity index (χ2v) is 16.7. The van der Waals surface area contributed by atoms with Crippen molar-refractivity contribution >= 4 is 11.9 Å². The molecule has 232 valence electrons. The van der Waals surface area contributed by atoms with Crippen LogP contribution in [-0.4, -0.2) is 43.1 Å². The number of fused-ring (bicyclic) bond motifs is 4. The summed E-state index contributed by atoms with van der Waals surface area (Å²) in [7, 11) is 0. The van der Waals surface area contributed by atoms with Crippen molar-refractivity contribution in [2.45, 2.75) is 135 Å². The van der Waals surface area contributed by atoms with Crippen molar-refractivity contribution in [3.63, 3.8) is 0 Å². The molecular formula is C36H52O6. The third kappa shape index (κ3) is 4.71. The second kappa shape index (κ2) is 10.3. The molecule has 1 saturated heterocycles. The van der Waals surface area contributed by atoms with Gasteiger partial charge in [0.05, 0.1) is 10.8 Å². The lowest BCUT2D eigenvalue weighted by molar-refractivity contribution is -0.301. The van der Waals surface area contributed by atoms with E-state index >= 15 is 0 Å². The van der Waals surface area contributed by atoms with Crippen LogP contribution in [0.2, 0.25) is 0 Å². The second-order valence-electron chi connectivity index (χ2n) is 16.7. The fourth-order valence-corrected chi connectivity index (χ4v) is 12.0. The molecule has 0 aromatic rings. The Hall–Kier alpha value is -1.40. The average molecular weight is 581 g/mol. The first-order valence-corrected chi connectivity index (χ1v) is 17.6. The van der Waals surface area contributed by atoms with Gasteiger partial charge >= 0.3 is 11.9 Å². The molecule has 1 spiro atoms. The monoisotopic (exact) mass is 580 g/mol. The van der Waals surface area contributed by atoms with Gasteiger partial charge in [0.2, 0.25) is 0 Å². The Morgan fingerprint density at radius 1 is 0.810 bits per heavy atom. The van der Waals surface area contributed by atoms with Crippen LogP contribution in [0.5, 0.6) is 0 Å². The van der Waals surface area contributed by atoms with Crippen molar-refractivity contribution in [3.8, 4) is 0 Å². The van der Waals surface area contributed by atoms with Crippen LogP contribution in [0.15, 0.2) is 11.6 Å². The molecule has 0 N–H and O–H groups in total. The molecule has 8 aliphatic carbocycles. The SMILES string of the molecule is CC1CC2CCCC(C(=O)OCC3OC4(OC3COC(=O)C3(C)C=C5CCCC(C5)C3)C3CC5CC(C3)CC4C5)(C1)C2. The van der Waals surface area contributed by atoms with E-state index in [2.05, 4.69) is 19.9 Å². The lowest BCUT2D eigenvalue weighted by atomic mass is 9.53. The molecule has 9 aliphatic rings. The van der Waals surface area contributed by atoms with Crippen LogP contribution in [-0.2, 0) is 28.5 Å². The van der Waals surface area contributed by atoms with E-state index in [0.29, 0.717) is 29.6 Å². The fraction of sp³-hybridized carbons (Fsp3) is 0.889. The highest BCUT2D eigenvalue weighted by molar-refractivity contribution is 5.79. The lowest BCUT2D eigenvalue weighted by Gasteiger charge is -2.58. The van der Waals surface area contributed by atoms with E-state index in [1.165, 1.54) is 63.4 Å². The maximum absolute atomic E-state index is 13.8. The summed E-state index contributed by atoms with van der Waals surface area (Å²) in [5.41, 5.74) is 0.536. The summed E-state index contributed by atoms with van der Waals surface area (Å²) in [6.07, 6.45) is 19.5. The zero-order chi connectivity index (χ0) is 28.7. The molecular weight excluding hydrogens is 528 g/mol. The van der Waals surface area contributed by atoms with Gasteiger partial charge in [-0.1, -0.05) is 31.4 Å². The third-order valence-electron chi connectivity index (χ3n) is 13.3. The molecule has 0 amide bonds. The molecule has 6 heteroatoms. The number of carbonyl (C=O) groups excluding carboxylic acids is 2. The Balaban J connectivity index is 0.987. The quantitative estimate of drug-likeness (QED) is 0.246.